The van der Waals surface area contributed by atoms with Gasteiger partial charge >= 0.3 is 6.09 Å². The van der Waals surface area contributed by atoms with Crippen LogP contribution in [0.4, 0.5) is 16.2 Å². The van der Waals surface area contributed by atoms with E-state index in [9.17, 15) is 14.4 Å². The van der Waals surface area contributed by atoms with Crippen molar-refractivity contribution in [1.29, 1.82) is 0 Å². The van der Waals surface area contributed by atoms with Crippen LogP contribution < -0.4 is 16.0 Å². The maximum atomic E-state index is 12.7. The van der Waals surface area contributed by atoms with Crippen LogP contribution in [0.5, 0.6) is 0 Å². The van der Waals surface area contributed by atoms with E-state index >= 15 is 0 Å². The second kappa shape index (κ2) is 11.1. The van der Waals surface area contributed by atoms with Gasteiger partial charge in [0.1, 0.15) is 0 Å². The molecule has 0 radical (unpaired) electrons. The molecule has 0 aliphatic rings. The molecule has 7 nitrogen and oxygen atoms in total. The van der Waals surface area contributed by atoms with Gasteiger partial charge in [-0.15, -0.1) is 11.6 Å². The number of rotatable bonds is 7. The Morgan fingerprint density at radius 2 is 1.72 bits per heavy atom. The molecule has 0 heterocycles. The van der Waals surface area contributed by atoms with Crippen LogP contribution in [-0.4, -0.2) is 35.9 Å². The molecular formula is C20H20ClN3O4S. The van der Waals surface area contributed by atoms with Crippen molar-refractivity contribution in [3.63, 3.8) is 0 Å². The Bertz CT molecular complexity index is 906. The van der Waals surface area contributed by atoms with Gasteiger partial charge < -0.3 is 15.4 Å². The predicted octanol–water partition coefficient (Wildman–Crippen LogP) is 3.93. The summed E-state index contributed by atoms with van der Waals surface area (Å²) in [7, 11) is 1.21. The Kier molecular flexibility index (Phi) is 8.57. The van der Waals surface area contributed by atoms with Gasteiger partial charge in [0.15, 0.2) is 10.9 Å². The Morgan fingerprint density at radius 1 is 1.00 bits per heavy atom. The molecule has 2 rings (SSSR count). The van der Waals surface area contributed by atoms with Gasteiger partial charge in [0.05, 0.1) is 18.5 Å². The molecule has 152 valence electrons. The Balaban J connectivity index is 2.30. The number of amides is 2. The van der Waals surface area contributed by atoms with Gasteiger partial charge in [-0.3, -0.25) is 14.9 Å². The number of hydrogen-bond acceptors (Lipinski definition) is 5. The minimum atomic E-state index is -0.744. The van der Waals surface area contributed by atoms with E-state index in [1.165, 1.54) is 7.11 Å². The maximum absolute atomic E-state index is 12.7. The molecule has 0 aromatic heterocycles. The summed E-state index contributed by atoms with van der Waals surface area (Å²) in [6.07, 6.45) is 0.0355. The number of hydrogen-bond donors (Lipinski definition) is 3. The zero-order valence-corrected chi connectivity index (χ0v) is 17.2. The molecule has 0 bridgehead atoms. The number of benzene rings is 2. The maximum Gasteiger partial charge on any atom is 0.413 e. The minimum absolute atomic E-state index is 0.0441. The van der Waals surface area contributed by atoms with Crippen LogP contribution in [0.2, 0.25) is 0 Å². The number of thiocarbonyl (C=S) groups is 1. The fraction of sp³-hybridized carbons (Fsp3) is 0.200. The van der Waals surface area contributed by atoms with Crippen LogP contribution in [0.15, 0.2) is 48.5 Å². The molecule has 3 N–H and O–H groups in total. The van der Waals surface area contributed by atoms with E-state index in [0.717, 1.165) is 0 Å². The molecule has 0 saturated heterocycles. The zero-order valence-electron chi connectivity index (χ0n) is 15.7. The normalized spacial score (nSPS) is 10.0. The third kappa shape index (κ3) is 6.85. The van der Waals surface area contributed by atoms with Crippen LogP contribution in [0, 0.1) is 0 Å². The fourth-order valence-corrected chi connectivity index (χ4v) is 2.72. The highest BCUT2D eigenvalue weighted by molar-refractivity contribution is 7.80. The van der Waals surface area contributed by atoms with Crippen molar-refractivity contribution in [1.82, 2.24) is 5.32 Å². The molecule has 0 atom stereocenters. The summed E-state index contributed by atoms with van der Waals surface area (Å²) in [6, 6.07) is 13.5. The molecule has 0 aliphatic carbocycles. The quantitative estimate of drug-likeness (QED) is 0.348. The smallest absolute Gasteiger partial charge is 0.413 e. The molecular weight excluding hydrogens is 414 g/mol. The number of ketones is 1. The number of carbonyl (C=O) groups excluding carboxylic acids is 3. The molecule has 0 spiro atoms. The largest absolute Gasteiger partial charge is 0.453 e. The first-order chi connectivity index (χ1) is 13.9. The zero-order chi connectivity index (χ0) is 21.2. The molecule has 0 fully saturated rings. The highest BCUT2D eigenvalue weighted by Crippen LogP contribution is 2.25. The number of alkyl halides is 1. The third-order valence-corrected chi connectivity index (χ3v) is 4.25. The summed E-state index contributed by atoms with van der Waals surface area (Å²) in [4.78, 5) is 36.2. The lowest BCUT2D eigenvalue weighted by molar-refractivity contribution is -0.116. The first kappa shape index (κ1) is 22.3. The van der Waals surface area contributed by atoms with Crippen molar-refractivity contribution in [2.45, 2.75) is 12.8 Å². The van der Waals surface area contributed by atoms with Gasteiger partial charge in [0, 0.05) is 23.4 Å². The van der Waals surface area contributed by atoms with Crippen molar-refractivity contribution >= 4 is 58.1 Å². The highest BCUT2D eigenvalue weighted by atomic mass is 35.5. The number of alkyl carbamates (subject to hydrolysis) is 1. The van der Waals surface area contributed by atoms with Gasteiger partial charge in [-0.25, -0.2) is 4.79 Å². The van der Waals surface area contributed by atoms with Crippen molar-refractivity contribution in [3.05, 3.63) is 59.7 Å². The second-order valence-corrected chi connectivity index (χ2v) is 6.65. The number of anilines is 2. The lowest BCUT2D eigenvalue weighted by Gasteiger charge is -2.15. The number of nitrogens with one attached hydrogen (secondary N) is 3. The molecule has 29 heavy (non-hydrogen) atoms. The molecule has 2 aromatic rings. The fourth-order valence-electron chi connectivity index (χ4n) is 2.39. The van der Waals surface area contributed by atoms with Crippen LogP contribution >= 0.6 is 23.8 Å². The summed E-state index contributed by atoms with van der Waals surface area (Å²) in [5, 5.41) is 7.83. The van der Waals surface area contributed by atoms with E-state index in [1.54, 1.807) is 42.5 Å². The van der Waals surface area contributed by atoms with Gasteiger partial charge in [-0.1, -0.05) is 30.3 Å². The van der Waals surface area contributed by atoms with Gasteiger partial charge in [-0.05, 0) is 36.8 Å². The number of halogens is 1. The minimum Gasteiger partial charge on any atom is -0.453 e. The van der Waals surface area contributed by atoms with Crippen LogP contribution in [0.25, 0.3) is 0 Å². The van der Waals surface area contributed by atoms with Crippen LogP contribution in [0.3, 0.4) is 0 Å². The molecule has 0 saturated carbocycles. The number of ether oxygens (including phenoxy) is 1. The molecule has 2 amide bonds. The summed E-state index contributed by atoms with van der Waals surface area (Å²) in [5.41, 5.74) is 1.67. The summed E-state index contributed by atoms with van der Waals surface area (Å²) >= 11 is 10.7. The summed E-state index contributed by atoms with van der Waals surface area (Å²) in [5.74, 6) is -0.0564. The standard InChI is InChI=1S/C20H20ClN3O4S/c1-28-20(27)24-19(29)23-16-12-14(18(26)13-6-3-2-4-7-13)9-10-15(16)22-17(25)8-5-11-21/h2-4,6-7,9-10,12H,5,8,11H2,1H3,(H,22,25)(H2,23,24,27,29). The van der Waals surface area contributed by atoms with Crippen molar-refractivity contribution in [3.8, 4) is 0 Å². The monoisotopic (exact) mass is 433 g/mol. The summed E-state index contributed by atoms with van der Waals surface area (Å²) < 4.78 is 4.50. The van der Waals surface area contributed by atoms with Crippen molar-refractivity contribution < 1.29 is 19.1 Å². The predicted molar refractivity (Wildman–Crippen MR) is 117 cm³/mol. The molecule has 9 heteroatoms. The lowest BCUT2D eigenvalue weighted by atomic mass is 10.0. The molecule has 0 unspecified atom stereocenters. The van der Waals surface area contributed by atoms with E-state index in [0.29, 0.717) is 34.8 Å². The number of methoxy groups -OCH3 is 1. The number of carbonyl (C=O) groups is 3. The SMILES string of the molecule is COC(=O)NC(=S)Nc1cc(C(=O)c2ccccc2)ccc1NC(=O)CCCCl. The van der Waals surface area contributed by atoms with Crippen LogP contribution in [0.1, 0.15) is 28.8 Å². The van der Waals surface area contributed by atoms with Crippen molar-refractivity contribution in [2.24, 2.45) is 0 Å². The highest BCUT2D eigenvalue weighted by Gasteiger charge is 2.15. The van der Waals surface area contributed by atoms with Gasteiger partial charge in [-0.2, -0.15) is 0 Å². The summed E-state index contributed by atoms with van der Waals surface area (Å²) in [6.45, 7) is 0. The van der Waals surface area contributed by atoms with E-state index in [2.05, 4.69) is 20.7 Å². The second-order valence-electron chi connectivity index (χ2n) is 5.87. The first-order valence-electron chi connectivity index (χ1n) is 8.70. The van der Waals surface area contributed by atoms with Gasteiger partial charge in [0.25, 0.3) is 0 Å². The third-order valence-electron chi connectivity index (χ3n) is 3.78. The molecule has 0 aliphatic heterocycles. The Morgan fingerprint density at radius 3 is 2.38 bits per heavy atom. The van der Waals surface area contributed by atoms with Crippen LogP contribution in [-0.2, 0) is 9.53 Å². The Hall–Kier alpha value is -2.97. The van der Waals surface area contributed by atoms with E-state index in [4.69, 9.17) is 23.8 Å². The first-order valence-corrected chi connectivity index (χ1v) is 9.64. The van der Waals surface area contributed by atoms with Crippen molar-refractivity contribution in [2.75, 3.05) is 23.6 Å². The lowest BCUT2D eigenvalue weighted by Crippen LogP contribution is -2.34. The van der Waals surface area contributed by atoms with E-state index in [-0.39, 0.29) is 23.2 Å². The van der Waals surface area contributed by atoms with E-state index in [1.807, 2.05) is 6.07 Å². The Labute approximate surface area is 178 Å². The topological polar surface area (TPSA) is 96.5 Å². The average Bonchev–Trinajstić information content (AvgIpc) is 2.73. The van der Waals surface area contributed by atoms with E-state index < -0.39 is 6.09 Å². The molecule has 2 aromatic carbocycles. The average molecular weight is 434 g/mol. The van der Waals surface area contributed by atoms with Gasteiger partial charge in [0.2, 0.25) is 5.91 Å².